The van der Waals surface area contributed by atoms with Gasteiger partial charge in [0.25, 0.3) is 0 Å². The molecule has 19 heavy (non-hydrogen) atoms. The van der Waals surface area contributed by atoms with Crippen LogP contribution in [-0.4, -0.2) is 43.7 Å². The fourth-order valence-electron chi connectivity index (χ4n) is 1.95. The lowest BCUT2D eigenvalue weighted by atomic mass is 10.0. The number of amidine groups is 1. The number of rotatable bonds is 5. The van der Waals surface area contributed by atoms with Crippen molar-refractivity contribution in [2.75, 3.05) is 18.6 Å². The zero-order valence-corrected chi connectivity index (χ0v) is 14.0. The molecule has 5 nitrogen and oxygen atoms in total. The van der Waals surface area contributed by atoms with Gasteiger partial charge in [-0.1, -0.05) is 25.6 Å². The van der Waals surface area contributed by atoms with Gasteiger partial charge in [-0.2, -0.15) is 0 Å². The maximum atomic E-state index is 11.3. The van der Waals surface area contributed by atoms with E-state index in [9.17, 15) is 8.42 Å². The van der Waals surface area contributed by atoms with Crippen molar-refractivity contribution in [3.63, 3.8) is 0 Å². The Balaban J connectivity index is 2.60. The van der Waals surface area contributed by atoms with E-state index in [1.807, 2.05) is 13.8 Å². The van der Waals surface area contributed by atoms with Crippen LogP contribution >= 0.6 is 11.8 Å². The number of thioether (sulfide) groups is 1. The molecule has 1 saturated heterocycles. The third kappa shape index (κ3) is 6.63. The van der Waals surface area contributed by atoms with Gasteiger partial charge in [-0.05, 0) is 26.2 Å². The largest absolute Gasteiger partial charge is 0.362 e. The van der Waals surface area contributed by atoms with Crippen molar-refractivity contribution in [2.45, 2.75) is 45.7 Å². The lowest BCUT2D eigenvalue weighted by molar-refractivity contribution is 0.438. The highest BCUT2D eigenvalue weighted by Gasteiger charge is 2.24. The van der Waals surface area contributed by atoms with E-state index < -0.39 is 15.6 Å². The smallest absolute Gasteiger partial charge is 0.209 e. The molecule has 0 aliphatic carbocycles. The summed E-state index contributed by atoms with van der Waals surface area (Å²) in [7, 11) is -3.21. The molecule has 0 amide bonds. The van der Waals surface area contributed by atoms with Crippen molar-refractivity contribution in [1.82, 2.24) is 10.0 Å². The molecule has 112 valence electrons. The summed E-state index contributed by atoms with van der Waals surface area (Å²) in [6, 6.07) is 0.464. The van der Waals surface area contributed by atoms with Crippen molar-refractivity contribution in [3.8, 4) is 0 Å². The summed E-state index contributed by atoms with van der Waals surface area (Å²) in [6.45, 7) is 8.50. The molecule has 1 rings (SSSR count). The molecule has 1 fully saturated rings. The van der Waals surface area contributed by atoms with Crippen molar-refractivity contribution in [2.24, 2.45) is 10.9 Å². The van der Waals surface area contributed by atoms with Crippen LogP contribution in [0.2, 0.25) is 0 Å². The third-order valence-corrected chi connectivity index (χ3v) is 4.74. The number of aliphatic imine (C=N–C) groups is 1. The second kappa shape index (κ2) is 6.45. The van der Waals surface area contributed by atoms with Crippen molar-refractivity contribution >= 4 is 27.0 Å². The highest BCUT2D eigenvalue weighted by Crippen LogP contribution is 2.19. The topological polar surface area (TPSA) is 70.6 Å². The number of hydrogen-bond acceptors (Lipinski definition) is 4. The van der Waals surface area contributed by atoms with Crippen LogP contribution < -0.4 is 10.0 Å². The van der Waals surface area contributed by atoms with Gasteiger partial charge in [-0.3, -0.25) is 4.99 Å². The minimum absolute atomic E-state index is 0.431. The maximum Gasteiger partial charge on any atom is 0.209 e. The molecule has 0 bridgehead atoms. The maximum absolute atomic E-state index is 11.3. The summed E-state index contributed by atoms with van der Waals surface area (Å²) in [4.78, 5) is 4.51. The van der Waals surface area contributed by atoms with Gasteiger partial charge in [0.2, 0.25) is 10.0 Å². The van der Waals surface area contributed by atoms with Crippen molar-refractivity contribution in [3.05, 3.63) is 0 Å². The molecule has 0 saturated carbocycles. The molecule has 1 heterocycles. The molecule has 0 aromatic carbocycles. The third-order valence-electron chi connectivity index (χ3n) is 2.86. The van der Waals surface area contributed by atoms with E-state index >= 15 is 0 Å². The van der Waals surface area contributed by atoms with Crippen LogP contribution in [0.4, 0.5) is 0 Å². The first-order chi connectivity index (χ1) is 8.59. The number of sulfonamides is 1. The summed E-state index contributed by atoms with van der Waals surface area (Å²) in [5, 5.41) is 4.35. The molecule has 0 aromatic rings. The van der Waals surface area contributed by atoms with Crippen LogP contribution in [-0.2, 0) is 10.0 Å². The SMILES string of the molecule is CC(C)C1CCSC(=NCC(C)(C)NS(C)(=O)=O)N1. The van der Waals surface area contributed by atoms with E-state index in [1.165, 1.54) is 6.26 Å². The second-order valence-electron chi connectivity index (χ2n) is 6.01. The zero-order chi connectivity index (χ0) is 14.7. The average molecular weight is 307 g/mol. The number of nitrogens with zero attached hydrogens (tertiary/aromatic N) is 1. The van der Waals surface area contributed by atoms with Gasteiger partial charge < -0.3 is 5.32 Å². The molecule has 1 aliphatic rings. The highest BCUT2D eigenvalue weighted by molar-refractivity contribution is 8.13. The molecular formula is C12H25N3O2S2. The molecule has 1 atom stereocenters. The van der Waals surface area contributed by atoms with Gasteiger partial charge in [0.05, 0.1) is 12.8 Å². The van der Waals surface area contributed by atoms with Gasteiger partial charge in [-0.15, -0.1) is 0 Å². The standard InChI is InChI=1S/C12H25N3O2S2/c1-9(2)10-6-7-18-11(14-10)13-8-12(3,4)15-19(5,16)17/h9-10,15H,6-8H2,1-5H3,(H,13,14). The van der Waals surface area contributed by atoms with E-state index in [0.717, 1.165) is 17.3 Å². The predicted molar refractivity (Wildman–Crippen MR) is 83.2 cm³/mol. The molecule has 2 N–H and O–H groups in total. The van der Waals surface area contributed by atoms with Crippen LogP contribution in [0.1, 0.15) is 34.1 Å². The van der Waals surface area contributed by atoms with E-state index in [1.54, 1.807) is 11.8 Å². The first-order valence-electron chi connectivity index (χ1n) is 6.52. The normalized spacial score (nSPS) is 23.7. The van der Waals surface area contributed by atoms with Gasteiger partial charge in [0.1, 0.15) is 0 Å². The fraction of sp³-hybridized carbons (Fsp3) is 0.917. The van der Waals surface area contributed by atoms with Crippen molar-refractivity contribution in [1.29, 1.82) is 0 Å². The van der Waals surface area contributed by atoms with Crippen LogP contribution in [0.5, 0.6) is 0 Å². The average Bonchev–Trinajstić information content (AvgIpc) is 2.24. The van der Waals surface area contributed by atoms with E-state index in [4.69, 9.17) is 0 Å². The first kappa shape index (κ1) is 16.8. The predicted octanol–water partition coefficient (Wildman–Crippen LogP) is 1.42. The van der Waals surface area contributed by atoms with Crippen LogP contribution in [0.3, 0.4) is 0 Å². The van der Waals surface area contributed by atoms with Crippen LogP contribution in [0.25, 0.3) is 0 Å². The van der Waals surface area contributed by atoms with E-state index in [0.29, 0.717) is 18.5 Å². The Morgan fingerprint density at radius 2 is 2.16 bits per heavy atom. The Morgan fingerprint density at radius 3 is 2.68 bits per heavy atom. The van der Waals surface area contributed by atoms with E-state index in [2.05, 4.69) is 28.9 Å². The lowest BCUT2D eigenvalue weighted by Gasteiger charge is -2.29. The molecule has 7 heteroatoms. The first-order valence-corrected chi connectivity index (χ1v) is 9.39. The van der Waals surface area contributed by atoms with Gasteiger partial charge in [0.15, 0.2) is 5.17 Å². The van der Waals surface area contributed by atoms with E-state index in [-0.39, 0.29) is 0 Å². The number of nitrogens with one attached hydrogen (secondary N) is 2. The molecule has 0 aromatic heterocycles. The summed E-state index contributed by atoms with van der Waals surface area (Å²) >= 11 is 1.70. The zero-order valence-electron chi connectivity index (χ0n) is 12.4. The summed E-state index contributed by atoms with van der Waals surface area (Å²) < 4.78 is 25.1. The Bertz CT molecular complexity index is 430. The highest BCUT2D eigenvalue weighted by atomic mass is 32.2. The molecule has 0 radical (unpaired) electrons. The fourth-order valence-corrected chi connectivity index (χ4v) is 3.97. The van der Waals surface area contributed by atoms with Gasteiger partial charge in [-0.25, -0.2) is 13.1 Å². The molecular weight excluding hydrogens is 282 g/mol. The van der Waals surface area contributed by atoms with Crippen LogP contribution in [0.15, 0.2) is 4.99 Å². The molecule has 1 aliphatic heterocycles. The summed E-state index contributed by atoms with van der Waals surface area (Å²) in [5.74, 6) is 1.64. The second-order valence-corrected chi connectivity index (χ2v) is 8.84. The monoisotopic (exact) mass is 307 g/mol. The minimum Gasteiger partial charge on any atom is -0.362 e. The van der Waals surface area contributed by atoms with Crippen LogP contribution in [0, 0.1) is 5.92 Å². The lowest BCUT2D eigenvalue weighted by Crippen LogP contribution is -2.46. The van der Waals surface area contributed by atoms with Gasteiger partial charge >= 0.3 is 0 Å². The Morgan fingerprint density at radius 1 is 1.53 bits per heavy atom. The number of hydrogen-bond donors (Lipinski definition) is 2. The molecule has 0 spiro atoms. The summed E-state index contributed by atoms with van der Waals surface area (Å²) in [6.07, 6.45) is 2.32. The van der Waals surface area contributed by atoms with Crippen molar-refractivity contribution < 1.29 is 8.42 Å². The Labute approximate surface area is 121 Å². The minimum atomic E-state index is -3.21. The summed E-state index contributed by atoms with van der Waals surface area (Å²) in [5.41, 5.74) is -0.562. The van der Waals surface area contributed by atoms with Gasteiger partial charge in [0, 0.05) is 17.3 Å². The Hall–Kier alpha value is -0.270. The Kier molecular flexibility index (Phi) is 5.70. The quantitative estimate of drug-likeness (QED) is 0.806. The molecule has 1 unspecified atom stereocenters.